The summed E-state index contributed by atoms with van der Waals surface area (Å²) >= 11 is 1.39. The summed E-state index contributed by atoms with van der Waals surface area (Å²) in [6.45, 7) is 4.00. The second kappa shape index (κ2) is 9.50. The van der Waals surface area contributed by atoms with E-state index < -0.39 is 11.6 Å². The van der Waals surface area contributed by atoms with E-state index >= 15 is 0 Å². The average molecular weight is 408 g/mol. The first-order valence-electron chi connectivity index (χ1n) is 8.53. The minimum atomic E-state index is -0.860. The maximum atomic E-state index is 14.8. The van der Waals surface area contributed by atoms with E-state index in [1.54, 1.807) is 13.2 Å². The molecule has 2 aromatic heterocycles. The highest BCUT2D eigenvalue weighted by Crippen LogP contribution is 2.38. The molecule has 0 aliphatic carbocycles. The number of ether oxygens (including phenoxy) is 2. The van der Waals surface area contributed by atoms with E-state index in [4.69, 9.17) is 9.47 Å². The van der Waals surface area contributed by atoms with Gasteiger partial charge in [-0.2, -0.15) is 0 Å². The fourth-order valence-corrected chi connectivity index (χ4v) is 2.88. The Morgan fingerprint density at radius 2 is 1.61 bits per heavy atom. The van der Waals surface area contributed by atoms with Gasteiger partial charge in [0.15, 0.2) is 34.1 Å². The standard InChI is InChI=1S/C17H16F2N4O2S.C2H6/c1-20-16-15-8(7-21-17(23-15)26-4)5-9(22-16)12-13(18)10(24-2)6-11(25-3)14(12)19;1-2/h5-7H,1-4H3,(H,20,22);1-2H3. The third-order valence-corrected chi connectivity index (χ3v) is 4.35. The fraction of sp³-hybridized carbons (Fsp3) is 0.316. The first-order chi connectivity index (χ1) is 13.5. The van der Waals surface area contributed by atoms with Gasteiger partial charge in [0.1, 0.15) is 5.52 Å². The zero-order chi connectivity index (χ0) is 20.8. The predicted octanol–water partition coefficient (Wildman–Crippen LogP) is 4.78. The molecule has 3 rings (SSSR count). The van der Waals surface area contributed by atoms with Crippen LogP contribution in [0.3, 0.4) is 0 Å². The van der Waals surface area contributed by atoms with Crippen molar-refractivity contribution >= 4 is 28.5 Å². The number of nitrogens with one attached hydrogen (secondary N) is 1. The van der Waals surface area contributed by atoms with Gasteiger partial charge in [0, 0.05) is 24.7 Å². The highest BCUT2D eigenvalue weighted by Gasteiger charge is 2.23. The van der Waals surface area contributed by atoms with Crippen LogP contribution in [-0.2, 0) is 0 Å². The molecular formula is C19H22F2N4O2S. The molecule has 2 heterocycles. The molecular weight excluding hydrogens is 386 g/mol. The average Bonchev–Trinajstić information content (AvgIpc) is 2.74. The monoisotopic (exact) mass is 408 g/mol. The summed E-state index contributed by atoms with van der Waals surface area (Å²) < 4.78 is 39.5. The first-order valence-corrected chi connectivity index (χ1v) is 9.76. The van der Waals surface area contributed by atoms with E-state index in [0.717, 1.165) is 6.07 Å². The molecule has 28 heavy (non-hydrogen) atoms. The molecule has 0 aliphatic rings. The molecule has 0 saturated heterocycles. The van der Waals surface area contributed by atoms with Gasteiger partial charge in [-0.3, -0.25) is 0 Å². The van der Waals surface area contributed by atoms with Crippen LogP contribution < -0.4 is 14.8 Å². The largest absolute Gasteiger partial charge is 0.494 e. The molecule has 150 valence electrons. The Morgan fingerprint density at radius 1 is 1.00 bits per heavy atom. The normalized spacial score (nSPS) is 10.3. The molecule has 1 N–H and O–H groups in total. The number of aromatic nitrogens is 3. The van der Waals surface area contributed by atoms with Gasteiger partial charge < -0.3 is 14.8 Å². The Balaban J connectivity index is 0.00000136. The summed E-state index contributed by atoms with van der Waals surface area (Å²) in [7, 11) is 4.25. The van der Waals surface area contributed by atoms with E-state index in [1.165, 1.54) is 32.0 Å². The number of hydrogen-bond acceptors (Lipinski definition) is 7. The van der Waals surface area contributed by atoms with Gasteiger partial charge >= 0.3 is 0 Å². The van der Waals surface area contributed by atoms with E-state index in [9.17, 15) is 8.78 Å². The summed E-state index contributed by atoms with van der Waals surface area (Å²) in [6, 6.07) is 2.68. The highest BCUT2D eigenvalue weighted by molar-refractivity contribution is 7.98. The Hall–Kier alpha value is -2.68. The number of benzene rings is 1. The summed E-state index contributed by atoms with van der Waals surface area (Å²) in [5, 5.41) is 4.08. The van der Waals surface area contributed by atoms with Crippen LogP contribution in [0, 0.1) is 11.6 Å². The molecule has 0 amide bonds. The number of nitrogens with zero attached hydrogens (tertiary/aromatic N) is 3. The van der Waals surface area contributed by atoms with Crippen LogP contribution in [0.2, 0.25) is 0 Å². The van der Waals surface area contributed by atoms with Crippen molar-refractivity contribution in [1.29, 1.82) is 0 Å². The number of pyridine rings is 1. The van der Waals surface area contributed by atoms with Crippen LogP contribution in [0.4, 0.5) is 14.6 Å². The topological polar surface area (TPSA) is 69.2 Å². The fourth-order valence-electron chi connectivity index (χ4n) is 2.53. The van der Waals surface area contributed by atoms with Crippen LogP contribution in [0.25, 0.3) is 22.2 Å². The molecule has 0 atom stereocenters. The molecule has 3 aromatic rings. The Morgan fingerprint density at radius 3 is 2.11 bits per heavy atom. The van der Waals surface area contributed by atoms with Crippen molar-refractivity contribution < 1.29 is 18.3 Å². The van der Waals surface area contributed by atoms with Crippen molar-refractivity contribution in [2.24, 2.45) is 0 Å². The van der Waals surface area contributed by atoms with Gasteiger partial charge in [-0.25, -0.2) is 23.7 Å². The predicted molar refractivity (Wildman–Crippen MR) is 108 cm³/mol. The Bertz CT molecular complexity index is 958. The number of rotatable bonds is 5. The lowest BCUT2D eigenvalue weighted by molar-refractivity contribution is 0.359. The van der Waals surface area contributed by atoms with Crippen LogP contribution in [-0.4, -0.2) is 42.5 Å². The highest BCUT2D eigenvalue weighted by atomic mass is 32.2. The lowest BCUT2D eigenvalue weighted by atomic mass is 10.1. The molecule has 0 bridgehead atoms. The SMILES string of the molecule is CC.CNc1nc(-c2c(F)c(OC)cc(OC)c2F)cc2cnc(SC)nc12. The Kier molecular flexibility index (Phi) is 7.33. The summed E-state index contributed by atoms with van der Waals surface area (Å²) in [5.74, 6) is -1.61. The third kappa shape index (κ3) is 3.94. The van der Waals surface area contributed by atoms with Crippen LogP contribution >= 0.6 is 11.8 Å². The molecule has 6 nitrogen and oxygen atoms in total. The van der Waals surface area contributed by atoms with E-state index in [-0.39, 0.29) is 22.8 Å². The number of halogens is 2. The van der Waals surface area contributed by atoms with Gasteiger partial charge in [0.05, 0.1) is 25.5 Å². The lowest BCUT2D eigenvalue weighted by Gasteiger charge is -2.14. The molecule has 0 fully saturated rings. The first kappa shape index (κ1) is 21.6. The molecule has 0 saturated carbocycles. The van der Waals surface area contributed by atoms with E-state index in [1.807, 2.05) is 20.1 Å². The van der Waals surface area contributed by atoms with Crippen molar-refractivity contribution in [1.82, 2.24) is 15.0 Å². The van der Waals surface area contributed by atoms with Gasteiger partial charge in [-0.1, -0.05) is 25.6 Å². The van der Waals surface area contributed by atoms with Crippen LogP contribution in [0.15, 0.2) is 23.5 Å². The number of anilines is 1. The van der Waals surface area contributed by atoms with Crippen molar-refractivity contribution in [2.45, 2.75) is 19.0 Å². The summed E-state index contributed by atoms with van der Waals surface area (Å²) in [5.41, 5.74) is 0.300. The molecule has 0 spiro atoms. The summed E-state index contributed by atoms with van der Waals surface area (Å²) in [6.07, 6.45) is 3.45. The molecule has 1 aromatic carbocycles. The molecule has 0 radical (unpaired) electrons. The van der Waals surface area contributed by atoms with Gasteiger partial charge in [-0.15, -0.1) is 0 Å². The van der Waals surface area contributed by atoms with E-state index in [2.05, 4.69) is 20.3 Å². The Labute approximate surface area is 166 Å². The van der Waals surface area contributed by atoms with Gasteiger partial charge in [0.25, 0.3) is 0 Å². The van der Waals surface area contributed by atoms with Crippen molar-refractivity contribution in [3.05, 3.63) is 30.0 Å². The smallest absolute Gasteiger partial charge is 0.187 e. The molecule has 0 unspecified atom stereocenters. The second-order valence-corrected chi connectivity index (χ2v) is 5.96. The second-order valence-electron chi connectivity index (χ2n) is 5.18. The number of thioether (sulfide) groups is 1. The van der Waals surface area contributed by atoms with Crippen LogP contribution in [0.5, 0.6) is 11.5 Å². The number of methoxy groups -OCH3 is 2. The van der Waals surface area contributed by atoms with Gasteiger partial charge in [-0.05, 0) is 12.3 Å². The number of hydrogen-bond donors (Lipinski definition) is 1. The van der Waals surface area contributed by atoms with Gasteiger partial charge in [0.2, 0.25) is 0 Å². The number of fused-ring (bicyclic) bond motifs is 1. The maximum Gasteiger partial charge on any atom is 0.187 e. The molecule has 9 heteroatoms. The zero-order valence-corrected chi connectivity index (χ0v) is 17.4. The van der Waals surface area contributed by atoms with Crippen molar-refractivity contribution in [3.63, 3.8) is 0 Å². The molecule has 0 aliphatic heterocycles. The van der Waals surface area contributed by atoms with Crippen molar-refractivity contribution in [2.75, 3.05) is 32.8 Å². The third-order valence-electron chi connectivity index (χ3n) is 3.79. The zero-order valence-electron chi connectivity index (χ0n) is 16.6. The van der Waals surface area contributed by atoms with Crippen LogP contribution in [0.1, 0.15) is 13.8 Å². The minimum Gasteiger partial charge on any atom is -0.494 e. The lowest BCUT2D eigenvalue weighted by Crippen LogP contribution is -2.03. The van der Waals surface area contributed by atoms with E-state index in [0.29, 0.717) is 21.9 Å². The van der Waals surface area contributed by atoms with Crippen molar-refractivity contribution in [3.8, 4) is 22.8 Å². The minimum absolute atomic E-state index is 0.0783. The quantitative estimate of drug-likeness (QED) is 0.481. The maximum absolute atomic E-state index is 14.8. The summed E-state index contributed by atoms with van der Waals surface area (Å²) in [4.78, 5) is 12.9.